The van der Waals surface area contributed by atoms with E-state index in [4.69, 9.17) is 27.9 Å². The average Bonchev–Trinajstić information content (AvgIpc) is 2.79. The third kappa shape index (κ3) is 29.6. The lowest BCUT2D eigenvalue weighted by molar-refractivity contribution is 0.0922. The number of nitrogens with zero attached hydrogens (tertiary/aromatic N) is 2. The Morgan fingerprint density at radius 2 is 0.973 bits per heavy atom. The number of carbonyl (C=O) groups excluding carboxylic acids is 2. The van der Waals surface area contributed by atoms with E-state index < -0.39 is 25.2 Å². The van der Waals surface area contributed by atoms with E-state index in [2.05, 4.69) is 49.3 Å². The molecule has 0 unspecified atom stereocenters. The number of hydrogen-bond acceptors (Lipinski definition) is 10. The molecule has 0 aliphatic heterocycles. The lowest BCUT2D eigenvalue weighted by atomic mass is 10.2. The summed E-state index contributed by atoms with van der Waals surface area (Å²) in [5, 5.41) is 17.4. The van der Waals surface area contributed by atoms with Gasteiger partial charge in [-0.1, -0.05) is 12.8 Å². The quantitative estimate of drug-likeness (QED) is 0.0796. The highest BCUT2D eigenvalue weighted by Gasteiger charge is 2.39. The van der Waals surface area contributed by atoms with Gasteiger partial charge in [0.2, 0.25) is 12.2 Å². The molecule has 0 heterocycles. The summed E-state index contributed by atoms with van der Waals surface area (Å²) in [5.41, 5.74) is 0. The van der Waals surface area contributed by atoms with Gasteiger partial charge in [-0.25, -0.2) is 19.6 Å². The normalized spacial score (nSPS) is 11.8. The van der Waals surface area contributed by atoms with Gasteiger partial charge in [0.15, 0.2) is 16.6 Å². The van der Waals surface area contributed by atoms with Crippen molar-refractivity contribution in [2.75, 3.05) is 52.7 Å². The molecule has 0 aromatic heterocycles. The van der Waals surface area contributed by atoms with Gasteiger partial charge in [-0.05, 0) is 77.1 Å². The number of ether oxygens (including phenoxy) is 2. The van der Waals surface area contributed by atoms with Gasteiger partial charge in [0.1, 0.15) is 0 Å². The van der Waals surface area contributed by atoms with E-state index in [0.717, 1.165) is 50.6 Å². The maximum Gasteiger partial charge on any atom is 0.311 e. The van der Waals surface area contributed by atoms with Crippen LogP contribution in [0.5, 0.6) is 0 Å². The molecule has 0 bridgehead atoms. The molecule has 0 rings (SSSR count). The Labute approximate surface area is 227 Å². The maximum atomic E-state index is 9.63. The Kier molecular flexibility index (Phi) is 25.1. The van der Waals surface area contributed by atoms with Crippen molar-refractivity contribution in [1.82, 2.24) is 0 Å². The molecule has 13 heteroatoms. The Hall–Kier alpha value is -0.829. The Balaban J connectivity index is 0. The first kappa shape index (κ1) is 38.3. The van der Waals surface area contributed by atoms with Crippen LogP contribution >= 0.6 is 0 Å². The molecular weight excluding hydrogens is 529 g/mol. The van der Waals surface area contributed by atoms with Crippen molar-refractivity contribution in [1.29, 1.82) is 0 Å². The second-order valence-electron chi connectivity index (χ2n) is 10.4. The monoisotopic (exact) mass is 580 g/mol. The van der Waals surface area contributed by atoms with Crippen LogP contribution in [0.4, 0.5) is 0 Å². The molecule has 0 aromatic carbocycles. The van der Waals surface area contributed by atoms with Crippen LogP contribution in [0.25, 0.3) is 0 Å². The molecule has 10 nitrogen and oxygen atoms in total. The van der Waals surface area contributed by atoms with Gasteiger partial charge in [0, 0.05) is 13.2 Å². The number of aliphatic hydroxyl groups is 2. The molecule has 2 N–H and O–H groups in total. The standard InChI is InChI=1S/C16H40O6Si3.C8H12N2O2/c1-23(2,15-7-11-19-13-9-17)21-25(5,6)22-24(3,4)16-8-12-20-14-10-18;11-7-9-5-3-1-2-4-6-10-8-12/h17-18H,7-16H2,1-6H3;1-6H2. The summed E-state index contributed by atoms with van der Waals surface area (Å²) in [6.07, 6.45) is 8.73. The third-order valence-corrected chi connectivity index (χ3v) is 16.5. The van der Waals surface area contributed by atoms with Crippen LogP contribution in [-0.4, -0.2) is 100 Å². The van der Waals surface area contributed by atoms with Crippen molar-refractivity contribution in [3.63, 3.8) is 0 Å². The fourth-order valence-electron chi connectivity index (χ4n) is 3.81. The zero-order valence-corrected chi connectivity index (χ0v) is 27.1. The predicted octanol–water partition coefficient (Wildman–Crippen LogP) is 4.15. The molecule has 0 aliphatic rings. The molecule has 0 saturated carbocycles. The van der Waals surface area contributed by atoms with Crippen molar-refractivity contribution in [2.45, 2.75) is 89.9 Å². The number of unbranched alkanes of at least 4 members (excludes halogenated alkanes) is 3. The highest BCUT2D eigenvalue weighted by Crippen LogP contribution is 2.26. The summed E-state index contributed by atoms with van der Waals surface area (Å²) in [7, 11) is -5.73. The average molecular weight is 581 g/mol. The van der Waals surface area contributed by atoms with E-state index >= 15 is 0 Å². The van der Waals surface area contributed by atoms with E-state index in [1.54, 1.807) is 0 Å². The van der Waals surface area contributed by atoms with E-state index in [1.807, 2.05) is 0 Å². The van der Waals surface area contributed by atoms with E-state index in [-0.39, 0.29) is 13.2 Å². The van der Waals surface area contributed by atoms with Crippen molar-refractivity contribution in [3.05, 3.63) is 0 Å². The first-order chi connectivity index (χ1) is 17.4. The molecule has 0 radical (unpaired) electrons. The molecule has 0 aromatic rings. The molecule has 0 spiro atoms. The maximum absolute atomic E-state index is 9.63. The number of rotatable bonds is 23. The first-order valence-corrected chi connectivity index (χ1v) is 22.3. The Bertz CT molecular complexity index is 589. The molecule has 218 valence electrons. The van der Waals surface area contributed by atoms with E-state index in [9.17, 15) is 9.59 Å². The molecule has 37 heavy (non-hydrogen) atoms. The predicted molar refractivity (Wildman–Crippen MR) is 154 cm³/mol. The second-order valence-corrected chi connectivity index (χ2v) is 22.8. The molecule has 0 saturated heterocycles. The van der Waals surface area contributed by atoms with Crippen LogP contribution in [0.2, 0.25) is 51.4 Å². The molecule has 0 amide bonds. The number of aliphatic imine (C=N–C) groups is 2. The van der Waals surface area contributed by atoms with Crippen molar-refractivity contribution in [2.24, 2.45) is 9.98 Å². The van der Waals surface area contributed by atoms with Gasteiger partial charge in [0.05, 0.1) is 39.5 Å². The van der Waals surface area contributed by atoms with Crippen LogP contribution < -0.4 is 0 Å². The van der Waals surface area contributed by atoms with Crippen molar-refractivity contribution in [3.8, 4) is 0 Å². The van der Waals surface area contributed by atoms with Crippen LogP contribution in [0, 0.1) is 0 Å². The fraction of sp³-hybridized carbons (Fsp3) is 0.917. The van der Waals surface area contributed by atoms with Crippen LogP contribution in [0.15, 0.2) is 9.98 Å². The third-order valence-electron chi connectivity index (χ3n) is 5.07. The summed E-state index contributed by atoms with van der Waals surface area (Å²) in [5.74, 6) is 0. The van der Waals surface area contributed by atoms with Crippen LogP contribution in [-0.2, 0) is 27.3 Å². The van der Waals surface area contributed by atoms with Gasteiger partial charge in [0.25, 0.3) is 0 Å². The van der Waals surface area contributed by atoms with Gasteiger partial charge < -0.3 is 27.9 Å². The largest absolute Gasteiger partial charge is 0.437 e. The minimum absolute atomic E-state index is 0.0792. The zero-order valence-electron chi connectivity index (χ0n) is 24.1. The smallest absolute Gasteiger partial charge is 0.311 e. The lowest BCUT2D eigenvalue weighted by Gasteiger charge is -2.38. The van der Waals surface area contributed by atoms with Gasteiger partial charge in [-0.3, -0.25) is 0 Å². The highest BCUT2D eigenvalue weighted by atomic mass is 28.5. The SMILES string of the molecule is C[Si](C)(CCCOCCO)O[Si](C)(C)O[Si](C)(C)CCCOCCO.O=C=NCCCCCCN=C=O. The minimum atomic E-state index is -2.16. The van der Waals surface area contributed by atoms with E-state index in [1.165, 1.54) is 12.2 Å². The second kappa shape index (κ2) is 24.2. The summed E-state index contributed by atoms with van der Waals surface area (Å²) >= 11 is 0. The zero-order chi connectivity index (χ0) is 28.5. The number of aliphatic hydroxyl groups excluding tert-OH is 2. The first-order valence-electron chi connectivity index (χ1n) is 13.3. The lowest BCUT2D eigenvalue weighted by Crippen LogP contribution is -2.52. The summed E-state index contributed by atoms with van der Waals surface area (Å²) < 4.78 is 23.7. The molecule has 0 atom stereocenters. The summed E-state index contributed by atoms with van der Waals surface area (Å²) in [4.78, 5) is 26.1. The Morgan fingerprint density at radius 1 is 0.595 bits per heavy atom. The van der Waals surface area contributed by atoms with Gasteiger partial charge in [-0.15, -0.1) is 0 Å². The van der Waals surface area contributed by atoms with Gasteiger partial charge >= 0.3 is 8.56 Å². The highest BCUT2D eigenvalue weighted by molar-refractivity contribution is 6.87. The van der Waals surface area contributed by atoms with E-state index in [0.29, 0.717) is 39.5 Å². The summed E-state index contributed by atoms with van der Waals surface area (Å²) in [6.45, 7) is 16.7. The van der Waals surface area contributed by atoms with Crippen molar-refractivity contribution >= 4 is 37.4 Å². The molecular formula is C24H52N2O8Si3. The van der Waals surface area contributed by atoms with Crippen molar-refractivity contribution < 1.29 is 37.5 Å². The van der Waals surface area contributed by atoms with Crippen LogP contribution in [0.3, 0.4) is 0 Å². The van der Waals surface area contributed by atoms with Gasteiger partial charge in [-0.2, -0.15) is 0 Å². The number of isocyanates is 2. The fourth-order valence-corrected chi connectivity index (χ4v) is 17.8. The molecule has 0 fully saturated rings. The Morgan fingerprint density at radius 3 is 1.30 bits per heavy atom. The van der Waals surface area contributed by atoms with Crippen LogP contribution in [0.1, 0.15) is 38.5 Å². The number of hydrogen-bond donors (Lipinski definition) is 2. The summed E-state index contributed by atoms with van der Waals surface area (Å²) in [6, 6.07) is 2.07. The topological polar surface area (TPSA) is 136 Å². The minimum Gasteiger partial charge on any atom is -0.437 e. The molecule has 0 aliphatic carbocycles.